The second kappa shape index (κ2) is 6.30. The number of nitrogens with zero attached hydrogens (tertiary/aromatic N) is 5. The lowest BCUT2D eigenvalue weighted by Gasteiger charge is -2.08. The highest BCUT2D eigenvalue weighted by Gasteiger charge is 2.12. The molecule has 23 heavy (non-hydrogen) atoms. The average molecular weight is 311 g/mol. The van der Waals surface area contributed by atoms with Crippen LogP contribution in [0.2, 0.25) is 0 Å². The van der Waals surface area contributed by atoms with Crippen LogP contribution in [0.5, 0.6) is 0 Å². The van der Waals surface area contributed by atoms with Crippen LogP contribution in [0.4, 0.5) is 10.7 Å². The van der Waals surface area contributed by atoms with Gasteiger partial charge in [-0.1, -0.05) is 18.2 Å². The molecule has 0 radical (unpaired) electrons. The molecule has 8 nitrogen and oxygen atoms in total. The number of carbonyl (C=O) groups is 1. The smallest absolute Gasteiger partial charge is 0.321 e. The molecule has 0 fully saturated rings. The van der Waals surface area contributed by atoms with Gasteiger partial charge in [-0.2, -0.15) is 9.67 Å². The van der Waals surface area contributed by atoms with Crippen molar-refractivity contribution in [2.75, 3.05) is 5.32 Å². The normalized spacial score (nSPS) is 10.5. The number of carbonyl (C=O) groups excluding carboxylic acids is 1. The Bertz CT molecular complexity index is 806. The van der Waals surface area contributed by atoms with E-state index in [1.54, 1.807) is 17.8 Å². The Morgan fingerprint density at radius 3 is 2.74 bits per heavy atom. The van der Waals surface area contributed by atoms with Gasteiger partial charge < -0.3 is 9.88 Å². The Kier molecular flexibility index (Phi) is 4.05. The highest BCUT2D eigenvalue weighted by molar-refractivity contribution is 5.87. The second-order valence-electron chi connectivity index (χ2n) is 4.99. The maximum atomic E-state index is 12.1. The lowest BCUT2D eigenvalue weighted by atomic mass is 10.3. The molecule has 0 unspecified atom stereocenters. The molecule has 1 aromatic carbocycles. The van der Waals surface area contributed by atoms with E-state index in [0.29, 0.717) is 18.3 Å². The summed E-state index contributed by atoms with van der Waals surface area (Å²) >= 11 is 0. The number of aryl methyl sites for hydroxylation is 2. The molecule has 0 saturated heterocycles. The Labute approximate surface area is 133 Å². The van der Waals surface area contributed by atoms with E-state index in [2.05, 4.69) is 25.7 Å². The van der Waals surface area contributed by atoms with E-state index in [-0.39, 0.29) is 6.03 Å². The standard InChI is InChI=1S/C15H17N7O/c1-11-18-14(22(20-11)12-6-4-3-5-7-12)19-15(23)17-10-13-16-8-9-21(13)2/h3-9H,10H2,1-2H3,(H2,17,18,19,20,23). The quantitative estimate of drug-likeness (QED) is 0.766. The summed E-state index contributed by atoms with van der Waals surface area (Å²) in [5.74, 6) is 1.71. The third-order valence-corrected chi connectivity index (χ3v) is 3.27. The lowest BCUT2D eigenvalue weighted by molar-refractivity contribution is 0.251. The average Bonchev–Trinajstić information content (AvgIpc) is 3.12. The summed E-state index contributed by atoms with van der Waals surface area (Å²) in [7, 11) is 1.87. The highest BCUT2D eigenvalue weighted by Crippen LogP contribution is 2.13. The van der Waals surface area contributed by atoms with Gasteiger partial charge in [0.05, 0.1) is 12.2 Å². The number of nitrogens with one attached hydrogen (secondary N) is 2. The third kappa shape index (κ3) is 3.37. The van der Waals surface area contributed by atoms with Crippen LogP contribution >= 0.6 is 0 Å². The summed E-state index contributed by atoms with van der Waals surface area (Å²) in [5, 5.41) is 9.77. The number of aromatic nitrogens is 5. The lowest BCUT2D eigenvalue weighted by Crippen LogP contribution is -2.30. The van der Waals surface area contributed by atoms with Crippen molar-refractivity contribution in [3.8, 4) is 5.69 Å². The van der Waals surface area contributed by atoms with Crippen molar-refractivity contribution in [2.45, 2.75) is 13.5 Å². The Morgan fingerprint density at radius 1 is 1.26 bits per heavy atom. The molecule has 0 atom stereocenters. The minimum atomic E-state index is -0.363. The minimum absolute atomic E-state index is 0.327. The first-order valence-corrected chi connectivity index (χ1v) is 7.13. The van der Waals surface area contributed by atoms with Crippen molar-refractivity contribution in [2.24, 2.45) is 7.05 Å². The summed E-state index contributed by atoms with van der Waals surface area (Å²) in [6, 6.07) is 9.14. The number of hydrogen-bond donors (Lipinski definition) is 2. The molecule has 2 heterocycles. The first kappa shape index (κ1) is 14.8. The van der Waals surface area contributed by atoms with Crippen LogP contribution in [-0.4, -0.2) is 30.3 Å². The number of anilines is 1. The van der Waals surface area contributed by atoms with Gasteiger partial charge in [0.15, 0.2) is 0 Å². The van der Waals surface area contributed by atoms with E-state index >= 15 is 0 Å². The molecule has 0 aliphatic rings. The molecule has 3 aromatic rings. The van der Waals surface area contributed by atoms with E-state index < -0.39 is 0 Å². The van der Waals surface area contributed by atoms with E-state index in [4.69, 9.17) is 0 Å². The highest BCUT2D eigenvalue weighted by atomic mass is 16.2. The molecule has 3 rings (SSSR count). The van der Waals surface area contributed by atoms with Crippen LogP contribution in [0.3, 0.4) is 0 Å². The fourth-order valence-electron chi connectivity index (χ4n) is 2.12. The van der Waals surface area contributed by atoms with Crippen molar-refractivity contribution in [1.29, 1.82) is 0 Å². The van der Waals surface area contributed by atoms with E-state index in [9.17, 15) is 4.79 Å². The van der Waals surface area contributed by atoms with Gasteiger partial charge in [0.25, 0.3) is 0 Å². The zero-order valence-electron chi connectivity index (χ0n) is 12.9. The summed E-state index contributed by atoms with van der Waals surface area (Å²) in [6.07, 6.45) is 3.51. The number of rotatable bonds is 4. The zero-order valence-corrected chi connectivity index (χ0v) is 12.9. The minimum Gasteiger partial charge on any atom is -0.337 e. The molecule has 0 saturated carbocycles. The first-order valence-electron chi connectivity index (χ1n) is 7.13. The maximum Gasteiger partial charge on any atom is 0.321 e. The van der Waals surface area contributed by atoms with Gasteiger partial charge in [0.1, 0.15) is 11.6 Å². The number of imidazole rings is 1. The second-order valence-corrected chi connectivity index (χ2v) is 4.99. The number of amides is 2. The zero-order chi connectivity index (χ0) is 16.2. The van der Waals surface area contributed by atoms with Crippen molar-refractivity contribution in [3.63, 3.8) is 0 Å². The molecular formula is C15H17N7O. The number of para-hydroxylation sites is 1. The van der Waals surface area contributed by atoms with Gasteiger partial charge >= 0.3 is 6.03 Å². The Balaban J connectivity index is 1.70. The summed E-state index contributed by atoms with van der Waals surface area (Å²) in [4.78, 5) is 20.5. The van der Waals surface area contributed by atoms with Gasteiger partial charge in [0, 0.05) is 19.4 Å². The molecule has 0 aliphatic heterocycles. The maximum absolute atomic E-state index is 12.1. The molecule has 0 aliphatic carbocycles. The largest absolute Gasteiger partial charge is 0.337 e. The SMILES string of the molecule is Cc1nc(NC(=O)NCc2nccn2C)n(-c2ccccc2)n1. The van der Waals surface area contributed by atoms with Gasteiger partial charge in [-0.15, -0.1) is 5.10 Å². The number of hydrogen-bond acceptors (Lipinski definition) is 4. The fraction of sp³-hybridized carbons (Fsp3) is 0.200. The van der Waals surface area contributed by atoms with Gasteiger partial charge in [0.2, 0.25) is 5.95 Å². The van der Waals surface area contributed by atoms with Crippen LogP contribution in [0, 0.1) is 6.92 Å². The van der Waals surface area contributed by atoms with E-state index in [0.717, 1.165) is 11.5 Å². The number of benzene rings is 1. The molecule has 2 aromatic heterocycles. The summed E-state index contributed by atoms with van der Waals surface area (Å²) < 4.78 is 3.44. The van der Waals surface area contributed by atoms with Gasteiger partial charge in [-0.05, 0) is 19.1 Å². The van der Waals surface area contributed by atoms with Crippen molar-refractivity contribution in [3.05, 3.63) is 54.4 Å². The molecule has 0 bridgehead atoms. The van der Waals surface area contributed by atoms with Crippen molar-refractivity contribution < 1.29 is 4.79 Å². The molecule has 8 heteroatoms. The van der Waals surface area contributed by atoms with E-state index in [1.807, 2.05) is 48.1 Å². The van der Waals surface area contributed by atoms with Crippen LogP contribution in [-0.2, 0) is 13.6 Å². The Hall–Kier alpha value is -3.16. The topological polar surface area (TPSA) is 89.7 Å². The summed E-state index contributed by atoms with van der Waals surface area (Å²) in [5.41, 5.74) is 0.826. The predicted octanol–water partition coefficient (Wildman–Crippen LogP) is 1.63. The molecule has 0 spiro atoms. The summed E-state index contributed by atoms with van der Waals surface area (Å²) in [6.45, 7) is 2.10. The van der Waals surface area contributed by atoms with Gasteiger partial charge in [-0.25, -0.2) is 9.78 Å². The first-order chi connectivity index (χ1) is 11.1. The van der Waals surface area contributed by atoms with Crippen LogP contribution in [0.1, 0.15) is 11.6 Å². The van der Waals surface area contributed by atoms with E-state index in [1.165, 1.54) is 0 Å². The monoisotopic (exact) mass is 311 g/mol. The van der Waals surface area contributed by atoms with Crippen LogP contribution in [0.15, 0.2) is 42.7 Å². The molecular weight excluding hydrogens is 294 g/mol. The predicted molar refractivity (Wildman–Crippen MR) is 85.2 cm³/mol. The number of urea groups is 1. The molecule has 2 amide bonds. The van der Waals surface area contributed by atoms with Crippen LogP contribution < -0.4 is 10.6 Å². The van der Waals surface area contributed by atoms with Crippen molar-refractivity contribution >= 4 is 12.0 Å². The van der Waals surface area contributed by atoms with Crippen LogP contribution in [0.25, 0.3) is 5.69 Å². The Morgan fingerprint density at radius 2 is 2.04 bits per heavy atom. The fourth-order valence-corrected chi connectivity index (χ4v) is 2.12. The molecule has 2 N–H and O–H groups in total. The van der Waals surface area contributed by atoms with Crippen molar-refractivity contribution in [1.82, 2.24) is 29.6 Å². The third-order valence-electron chi connectivity index (χ3n) is 3.27. The molecule has 118 valence electrons. The van der Waals surface area contributed by atoms with Gasteiger partial charge in [-0.3, -0.25) is 5.32 Å².